The number of nitrogens with one attached hydrogen (secondary N) is 2. The number of hydrogen-bond acceptors (Lipinski definition) is 20. The number of carboxylic acid groups (broad SMARTS) is 1. The summed E-state index contributed by atoms with van der Waals surface area (Å²) in [6.45, 7) is 2.17. The van der Waals surface area contributed by atoms with Gasteiger partial charge in [-0.25, -0.2) is 4.79 Å². The van der Waals surface area contributed by atoms with E-state index in [1.807, 2.05) is 0 Å². The highest BCUT2D eigenvalue weighted by atomic mass is 16.8. The SMILES string of the molecule is CCCCCCCCCCCCCCCCCCCCCCCC(O)C(COC1OC(CO)C(OC2OC(CO)C(O)C(OC3(C(=O)O)CC(O)C(NC(C)=O)C(C(O)C(O)CO)O3)C2O)C(O)C1O)NC(=O)CCCCCCCCCCC. The third-order valence-corrected chi connectivity index (χ3v) is 16.8. The molecule has 18 atom stereocenters. The Morgan fingerprint density at radius 3 is 1.49 bits per heavy atom. The van der Waals surface area contributed by atoms with Gasteiger partial charge in [-0.05, 0) is 12.8 Å². The number of aliphatic hydroxyl groups excluding tert-OH is 11. The number of aliphatic carboxylic acids is 1. The lowest BCUT2D eigenvalue weighted by Gasteiger charge is -2.50. The molecule has 0 aliphatic carbocycles. The molecule has 3 aliphatic rings. The molecule has 18 unspecified atom stereocenters. The lowest BCUT2D eigenvalue weighted by Crippen LogP contribution is -2.70. The van der Waals surface area contributed by atoms with E-state index in [9.17, 15) is 75.7 Å². The van der Waals surface area contributed by atoms with Gasteiger partial charge in [-0.2, -0.15) is 0 Å². The maximum Gasteiger partial charge on any atom is 0.364 e. The minimum Gasteiger partial charge on any atom is -0.477 e. The Hall–Kier alpha value is -2.27. The highest BCUT2D eigenvalue weighted by Gasteiger charge is 2.60. The van der Waals surface area contributed by atoms with Crippen molar-refractivity contribution in [3.05, 3.63) is 0 Å². The zero-order valence-corrected chi connectivity index (χ0v) is 51.0. The van der Waals surface area contributed by atoms with E-state index >= 15 is 0 Å². The van der Waals surface area contributed by atoms with Crippen molar-refractivity contribution in [1.82, 2.24) is 10.6 Å². The third kappa shape index (κ3) is 26.8. The fourth-order valence-electron chi connectivity index (χ4n) is 11.6. The average molecular weight is 1210 g/mol. The lowest BCUT2D eigenvalue weighted by molar-refractivity contribution is -0.386. The van der Waals surface area contributed by atoms with Crippen molar-refractivity contribution in [1.29, 1.82) is 0 Å². The molecule has 0 radical (unpaired) electrons. The quantitative estimate of drug-likeness (QED) is 0.0380. The highest BCUT2D eigenvalue weighted by molar-refractivity contribution is 5.77. The number of rotatable bonds is 48. The largest absolute Gasteiger partial charge is 0.477 e. The number of amides is 2. The van der Waals surface area contributed by atoms with Gasteiger partial charge in [0.1, 0.15) is 67.1 Å². The van der Waals surface area contributed by atoms with E-state index in [1.54, 1.807) is 0 Å². The van der Waals surface area contributed by atoms with Gasteiger partial charge in [-0.3, -0.25) is 9.59 Å². The molecular formula is C61H114N2O21. The fraction of sp³-hybridized carbons (Fsp3) is 0.951. The van der Waals surface area contributed by atoms with Crippen LogP contribution in [0.5, 0.6) is 0 Å². The van der Waals surface area contributed by atoms with Crippen LogP contribution in [0.3, 0.4) is 0 Å². The van der Waals surface area contributed by atoms with E-state index in [0.29, 0.717) is 19.3 Å². The van der Waals surface area contributed by atoms with Crippen LogP contribution in [0.15, 0.2) is 0 Å². The Balaban J connectivity index is 1.59. The van der Waals surface area contributed by atoms with Gasteiger partial charge in [-0.15, -0.1) is 0 Å². The van der Waals surface area contributed by atoms with Crippen molar-refractivity contribution in [2.24, 2.45) is 0 Å². The summed E-state index contributed by atoms with van der Waals surface area (Å²) in [6, 6.07) is -2.52. The molecule has 3 heterocycles. The van der Waals surface area contributed by atoms with Crippen LogP contribution < -0.4 is 10.6 Å². The zero-order chi connectivity index (χ0) is 61.9. The standard InChI is InChI=1S/C61H114N2O21/c1-4-6-8-10-12-14-15-16-17-18-19-20-21-22-23-24-25-27-28-30-32-34-43(68)42(63-48(71)35-33-31-29-26-13-11-9-7-5-2)40-79-58-53(75)52(74)55(47(39-66)81-58)82-59-54(76)57(51(73)46(38-65)80-59)84-61(60(77)78)36-44(69)49(62-41(3)67)56(83-61)50(72)45(70)37-64/h42-47,49-59,64-66,68-70,72-76H,4-40H2,1-3H3,(H,62,67)(H,63,71)(H,77,78). The molecular weight excluding hydrogens is 1100 g/mol. The zero-order valence-electron chi connectivity index (χ0n) is 51.0. The minimum absolute atomic E-state index is 0.226. The normalized spacial score (nSPS) is 29.7. The molecule has 2 amide bonds. The molecule has 3 rings (SSSR count). The summed E-state index contributed by atoms with van der Waals surface area (Å²) in [6.07, 6.45) is 7.15. The third-order valence-electron chi connectivity index (χ3n) is 16.8. The number of hydrogen-bond donors (Lipinski definition) is 14. The van der Waals surface area contributed by atoms with Crippen molar-refractivity contribution >= 4 is 17.8 Å². The second kappa shape index (κ2) is 43.4. The molecule has 23 nitrogen and oxygen atoms in total. The van der Waals surface area contributed by atoms with Crippen LogP contribution in [0.2, 0.25) is 0 Å². The number of carbonyl (C=O) groups excluding carboxylic acids is 2. The summed E-state index contributed by atoms with van der Waals surface area (Å²) >= 11 is 0. The molecule has 23 heteroatoms. The van der Waals surface area contributed by atoms with Crippen LogP contribution in [0, 0.1) is 0 Å². The van der Waals surface area contributed by atoms with Crippen molar-refractivity contribution in [2.75, 3.05) is 26.4 Å². The summed E-state index contributed by atoms with van der Waals surface area (Å²) < 4.78 is 34.7. The summed E-state index contributed by atoms with van der Waals surface area (Å²) in [4.78, 5) is 38.4. The van der Waals surface area contributed by atoms with E-state index in [2.05, 4.69) is 24.5 Å². The molecule has 14 N–H and O–H groups in total. The predicted octanol–water partition coefficient (Wildman–Crippen LogP) is 4.17. The highest BCUT2D eigenvalue weighted by Crippen LogP contribution is 2.38. The van der Waals surface area contributed by atoms with Crippen LogP contribution in [0.1, 0.15) is 233 Å². The summed E-state index contributed by atoms with van der Waals surface area (Å²) in [5.74, 6) is -6.10. The maximum atomic E-state index is 13.3. The maximum absolute atomic E-state index is 13.3. The summed E-state index contributed by atoms with van der Waals surface area (Å²) in [7, 11) is 0. The van der Waals surface area contributed by atoms with Crippen LogP contribution in [-0.2, 0) is 42.8 Å². The summed E-state index contributed by atoms with van der Waals surface area (Å²) in [5, 5.41) is 136. The number of carbonyl (C=O) groups is 3. The Morgan fingerprint density at radius 1 is 0.571 bits per heavy atom. The van der Waals surface area contributed by atoms with Gasteiger partial charge < -0.3 is 100 Å². The number of aliphatic hydroxyl groups is 11. The molecule has 0 aromatic carbocycles. The van der Waals surface area contributed by atoms with Gasteiger partial charge in [0.15, 0.2) is 12.6 Å². The van der Waals surface area contributed by atoms with Gasteiger partial charge in [0, 0.05) is 19.8 Å². The molecule has 3 fully saturated rings. The molecule has 0 aromatic rings. The van der Waals surface area contributed by atoms with E-state index in [1.165, 1.54) is 128 Å². The Morgan fingerprint density at radius 2 is 1.04 bits per heavy atom. The van der Waals surface area contributed by atoms with Crippen molar-refractivity contribution < 1.29 is 104 Å². The van der Waals surface area contributed by atoms with Crippen LogP contribution >= 0.6 is 0 Å². The number of carboxylic acids is 1. The molecule has 0 spiro atoms. The van der Waals surface area contributed by atoms with E-state index < -0.39 is 148 Å². The van der Waals surface area contributed by atoms with Gasteiger partial charge in [0.2, 0.25) is 11.8 Å². The van der Waals surface area contributed by atoms with Crippen molar-refractivity contribution in [2.45, 2.75) is 342 Å². The van der Waals surface area contributed by atoms with Gasteiger partial charge in [0.25, 0.3) is 5.79 Å². The molecule has 0 bridgehead atoms. The monoisotopic (exact) mass is 1210 g/mol. The summed E-state index contributed by atoms with van der Waals surface area (Å²) in [5.41, 5.74) is 0. The fourth-order valence-corrected chi connectivity index (χ4v) is 11.6. The second-order valence-corrected chi connectivity index (χ2v) is 24.0. The Bertz CT molecular complexity index is 1720. The number of ether oxygens (including phenoxy) is 6. The van der Waals surface area contributed by atoms with Gasteiger partial charge >= 0.3 is 5.97 Å². The molecule has 0 saturated carbocycles. The van der Waals surface area contributed by atoms with E-state index in [4.69, 9.17) is 28.4 Å². The molecule has 0 aromatic heterocycles. The van der Waals surface area contributed by atoms with Gasteiger partial charge in [0.05, 0.1) is 50.7 Å². The minimum atomic E-state index is -3.07. The first kappa shape index (κ1) is 76.0. The smallest absolute Gasteiger partial charge is 0.364 e. The van der Waals surface area contributed by atoms with Gasteiger partial charge in [-0.1, -0.05) is 200 Å². The molecule has 3 saturated heterocycles. The molecule has 84 heavy (non-hydrogen) atoms. The van der Waals surface area contributed by atoms with Crippen LogP contribution in [0.4, 0.5) is 0 Å². The topological polar surface area (TPSA) is 373 Å². The number of unbranched alkanes of at least 4 members (excludes halogenated alkanes) is 28. The first-order valence-electron chi connectivity index (χ1n) is 32.4. The van der Waals surface area contributed by atoms with Crippen molar-refractivity contribution in [3.63, 3.8) is 0 Å². The van der Waals surface area contributed by atoms with Crippen molar-refractivity contribution in [3.8, 4) is 0 Å². The molecule has 3 aliphatic heterocycles. The second-order valence-electron chi connectivity index (χ2n) is 24.0. The molecule has 494 valence electrons. The Labute approximate surface area is 499 Å². The van der Waals surface area contributed by atoms with E-state index in [0.717, 1.165) is 58.3 Å². The lowest BCUT2D eigenvalue weighted by atomic mass is 9.88. The van der Waals surface area contributed by atoms with E-state index in [-0.39, 0.29) is 18.9 Å². The average Bonchev–Trinajstić information content (AvgIpc) is 1.85. The Kier molecular flexibility index (Phi) is 39.3. The predicted molar refractivity (Wildman–Crippen MR) is 311 cm³/mol. The van der Waals surface area contributed by atoms with Crippen LogP contribution in [-0.4, -0.2) is 215 Å². The first-order valence-corrected chi connectivity index (χ1v) is 32.4. The first-order chi connectivity index (χ1) is 40.4. The van der Waals surface area contributed by atoms with Crippen LogP contribution in [0.25, 0.3) is 0 Å².